The van der Waals surface area contributed by atoms with Crippen LogP contribution in [-0.4, -0.2) is 35.0 Å². The molecule has 1 atom stereocenters. The maximum absolute atomic E-state index is 13.1. The van der Waals surface area contributed by atoms with Crippen molar-refractivity contribution < 1.29 is 14.3 Å². The monoisotopic (exact) mass is 331 g/mol. The largest absolute Gasteiger partial charge is 0.467 e. The van der Waals surface area contributed by atoms with E-state index in [1.807, 2.05) is 0 Å². The number of H-pyrrole nitrogens is 1. The third kappa shape index (κ3) is 2.72. The fraction of sp³-hybridized carbons (Fsp3) is 0.722. The Kier molecular flexibility index (Phi) is 3.85. The minimum atomic E-state index is -0.657. The molecule has 0 spiro atoms. The van der Waals surface area contributed by atoms with Gasteiger partial charge in [0.1, 0.15) is 6.04 Å². The molecule has 6 nitrogen and oxygen atoms in total. The van der Waals surface area contributed by atoms with E-state index in [1.165, 1.54) is 26.4 Å². The predicted molar refractivity (Wildman–Crippen MR) is 86.8 cm³/mol. The summed E-state index contributed by atoms with van der Waals surface area (Å²) in [5, 5.41) is 3.00. The molecule has 4 fully saturated rings. The zero-order valence-corrected chi connectivity index (χ0v) is 14.1. The minimum Gasteiger partial charge on any atom is -0.467 e. The van der Waals surface area contributed by atoms with Crippen LogP contribution in [0.15, 0.2) is 12.5 Å². The number of nitrogens with zero attached hydrogens (tertiary/aromatic N) is 1. The Hall–Kier alpha value is -1.85. The van der Waals surface area contributed by atoms with Gasteiger partial charge in [0.25, 0.3) is 0 Å². The van der Waals surface area contributed by atoms with Crippen LogP contribution in [0.4, 0.5) is 0 Å². The molecule has 0 aliphatic heterocycles. The maximum atomic E-state index is 13.1. The van der Waals surface area contributed by atoms with Crippen LogP contribution >= 0.6 is 0 Å². The Labute approximate surface area is 141 Å². The predicted octanol–water partition coefficient (Wildman–Crippen LogP) is 1.83. The summed E-state index contributed by atoms with van der Waals surface area (Å²) < 4.78 is 4.89. The smallest absolute Gasteiger partial charge is 0.328 e. The number of aromatic nitrogens is 2. The normalized spacial score (nSPS) is 34.8. The summed E-state index contributed by atoms with van der Waals surface area (Å²) in [5.41, 5.74) is 0.561. The van der Waals surface area contributed by atoms with Crippen LogP contribution in [0.2, 0.25) is 0 Å². The molecular weight excluding hydrogens is 306 g/mol. The Morgan fingerprint density at radius 1 is 1.29 bits per heavy atom. The van der Waals surface area contributed by atoms with Gasteiger partial charge >= 0.3 is 5.97 Å². The third-order valence-corrected chi connectivity index (χ3v) is 6.29. The van der Waals surface area contributed by atoms with Gasteiger partial charge in [-0.25, -0.2) is 9.78 Å². The quantitative estimate of drug-likeness (QED) is 0.806. The standard InChI is InChI=1S/C18H25N3O3/c1-24-16(22)15(5-14-9-19-10-20-14)21-17(23)18-6-11-2-12(7-18)4-13(3-11)8-18/h9-13,15H,2-8H2,1H3,(H,19,20)(H,21,23)/t11?,12?,13?,15-,18?/m0/s1. The van der Waals surface area contributed by atoms with E-state index >= 15 is 0 Å². The summed E-state index contributed by atoms with van der Waals surface area (Å²) in [5.74, 6) is 1.75. The average molecular weight is 331 g/mol. The van der Waals surface area contributed by atoms with Gasteiger partial charge in [-0.3, -0.25) is 4.79 Å². The topological polar surface area (TPSA) is 84.1 Å². The first-order chi connectivity index (χ1) is 11.6. The summed E-state index contributed by atoms with van der Waals surface area (Å²) in [6.45, 7) is 0. The maximum Gasteiger partial charge on any atom is 0.328 e. The van der Waals surface area contributed by atoms with Crippen molar-refractivity contribution in [1.29, 1.82) is 0 Å². The SMILES string of the molecule is COC(=O)[C@H](Cc1cnc[nH]1)NC(=O)C12CC3CC(CC(C3)C1)C2. The molecule has 1 heterocycles. The third-order valence-electron chi connectivity index (χ3n) is 6.29. The first-order valence-corrected chi connectivity index (χ1v) is 8.94. The second-order valence-electron chi connectivity index (χ2n) is 8.03. The van der Waals surface area contributed by atoms with Gasteiger partial charge in [-0.2, -0.15) is 0 Å². The van der Waals surface area contributed by atoms with Crippen molar-refractivity contribution in [2.45, 2.75) is 51.0 Å². The molecule has 6 heteroatoms. The highest BCUT2D eigenvalue weighted by Crippen LogP contribution is 2.60. The number of carbonyl (C=O) groups is 2. The Morgan fingerprint density at radius 2 is 1.92 bits per heavy atom. The lowest BCUT2D eigenvalue weighted by atomic mass is 9.49. The molecule has 1 amide bonds. The zero-order chi connectivity index (χ0) is 16.7. The van der Waals surface area contributed by atoms with Gasteiger partial charge in [0.15, 0.2) is 0 Å². The van der Waals surface area contributed by atoms with Crippen molar-refractivity contribution >= 4 is 11.9 Å². The van der Waals surface area contributed by atoms with E-state index in [-0.39, 0.29) is 11.3 Å². The minimum absolute atomic E-state index is 0.0523. The first kappa shape index (κ1) is 15.7. The molecule has 4 aliphatic carbocycles. The number of imidazole rings is 1. The molecule has 24 heavy (non-hydrogen) atoms. The lowest BCUT2D eigenvalue weighted by Crippen LogP contribution is -2.56. The highest BCUT2D eigenvalue weighted by atomic mass is 16.5. The van der Waals surface area contributed by atoms with Gasteiger partial charge in [-0.05, 0) is 56.3 Å². The fourth-order valence-electron chi connectivity index (χ4n) is 5.65. The first-order valence-electron chi connectivity index (χ1n) is 8.94. The van der Waals surface area contributed by atoms with Crippen LogP contribution in [-0.2, 0) is 20.7 Å². The molecule has 4 bridgehead atoms. The van der Waals surface area contributed by atoms with E-state index in [1.54, 1.807) is 12.5 Å². The molecule has 4 saturated carbocycles. The van der Waals surface area contributed by atoms with Gasteiger partial charge in [0, 0.05) is 23.7 Å². The summed E-state index contributed by atoms with van der Waals surface area (Å²) >= 11 is 0. The number of methoxy groups -OCH3 is 1. The number of hydrogen-bond donors (Lipinski definition) is 2. The molecule has 1 aromatic rings. The van der Waals surface area contributed by atoms with Gasteiger partial charge in [0.2, 0.25) is 5.91 Å². The molecule has 2 N–H and O–H groups in total. The number of amides is 1. The van der Waals surface area contributed by atoms with Gasteiger partial charge in [0.05, 0.1) is 13.4 Å². The van der Waals surface area contributed by atoms with Crippen molar-refractivity contribution in [3.05, 3.63) is 18.2 Å². The number of aromatic amines is 1. The Morgan fingerprint density at radius 3 is 2.42 bits per heavy atom. The molecule has 0 saturated heterocycles. The molecule has 1 aromatic heterocycles. The van der Waals surface area contributed by atoms with E-state index in [4.69, 9.17) is 4.74 Å². The van der Waals surface area contributed by atoms with Crippen molar-refractivity contribution in [2.75, 3.05) is 7.11 Å². The molecule has 130 valence electrons. The highest BCUT2D eigenvalue weighted by Gasteiger charge is 2.55. The molecule has 0 radical (unpaired) electrons. The lowest BCUT2D eigenvalue weighted by Gasteiger charge is -2.55. The van der Waals surface area contributed by atoms with Crippen LogP contribution in [0, 0.1) is 23.2 Å². The van der Waals surface area contributed by atoms with Crippen molar-refractivity contribution in [3.8, 4) is 0 Å². The van der Waals surface area contributed by atoms with Crippen LogP contribution in [0.25, 0.3) is 0 Å². The number of carbonyl (C=O) groups excluding carboxylic acids is 2. The molecule has 0 aromatic carbocycles. The number of esters is 1. The van der Waals surface area contributed by atoms with Crippen molar-refractivity contribution in [1.82, 2.24) is 15.3 Å². The van der Waals surface area contributed by atoms with Crippen molar-refractivity contribution in [2.24, 2.45) is 23.2 Å². The van der Waals surface area contributed by atoms with E-state index in [0.717, 1.165) is 25.0 Å². The summed E-state index contributed by atoms with van der Waals surface area (Å²) in [7, 11) is 1.36. The Balaban J connectivity index is 1.49. The summed E-state index contributed by atoms with van der Waals surface area (Å²) in [4.78, 5) is 32.2. The van der Waals surface area contributed by atoms with E-state index in [0.29, 0.717) is 24.2 Å². The van der Waals surface area contributed by atoms with Crippen molar-refractivity contribution in [3.63, 3.8) is 0 Å². The average Bonchev–Trinajstić information content (AvgIpc) is 3.05. The highest BCUT2D eigenvalue weighted by molar-refractivity contribution is 5.88. The van der Waals surface area contributed by atoms with Gasteiger partial charge in [-0.15, -0.1) is 0 Å². The molecule has 5 rings (SSSR count). The summed E-state index contributed by atoms with van der Waals surface area (Å²) in [6.07, 6.45) is 10.5. The number of nitrogens with one attached hydrogen (secondary N) is 2. The van der Waals surface area contributed by atoms with Crippen LogP contribution in [0.1, 0.15) is 44.2 Å². The molecular formula is C18H25N3O3. The van der Waals surface area contributed by atoms with Crippen LogP contribution < -0.4 is 5.32 Å². The number of rotatable bonds is 5. The van der Waals surface area contributed by atoms with E-state index < -0.39 is 12.0 Å². The number of hydrogen-bond acceptors (Lipinski definition) is 4. The molecule has 4 aliphatic rings. The fourth-order valence-corrected chi connectivity index (χ4v) is 5.65. The second-order valence-corrected chi connectivity index (χ2v) is 8.03. The second kappa shape index (κ2) is 5.90. The van der Waals surface area contributed by atoms with Crippen LogP contribution in [0.3, 0.4) is 0 Å². The number of ether oxygens (including phenoxy) is 1. The van der Waals surface area contributed by atoms with E-state index in [2.05, 4.69) is 15.3 Å². The lowest BCUT2D eigenvalue weighted by molar-refractivity contribution is -0.152. The van der Waals surface area contributed by atoms with Gasteiger partial charge < -0.3 is 15.0 Å². The Bertz CT molecular complexity index is 590. The summed E-state index contributed by atoms with van der Waals surface area (Å²) in [6, 6.07) is -0.657. The zero-order valence-electron chi connectivity index (χ0n) is 14.1. The van der Waals surface area contributed by atoms with E-state index in [9.17, 15) is 9.59 Å². The van der Waals surface area contributed by atoms with Crippen LogP contribution in [0.5, 0.6) is 0 Å². The van der Waals surface area contributed by atoms with Gasteiger partial charge in [-0.1, -0.05) is 0 Å². The molecule has 0 unspecified atom stereocenters.